The predicted molar refractivity (Wildman–Crippen MR) is 107 cm³/mol. The molecule has 0 unspecified atom stereocenters. The van der Waals surface area contributed by atoms with Gasteiger partial charge in [-0.1, -0.05) is 33.6 Å². The Hall–Kier alpha value is -2.15. The molecule has 0 amide bonds. The Bertz CT molecular complexity index is 780. The number of aromatic nitrogens is 3. The second-order valence-electron chi connectivity index (χ2n) is 6.29. The van der Waals surface area contributed by atoms with E-state index in [1.807, 2.05) is 25.1 Å². The quantitative estimate of drug-likeness (QED) is 0.363. The van der Waals surface area contributed by atoms with E-state index in [1.165, 1.54) is 6.42 Å². The maximum atomic E-state index is 5.86. The number of H-pyrrole nitrogens is 1. The van der Waals surface area contributed by atoms with Gasteiger partial charge in [-0.05, 0) is 49.3 Å². The van der Waals surface area contributed by atoms with Crippen LogP contribution in [0, 0.1) is 4.77 Å². The Labute approximate surface area is 160 Å². The number of nitrogens with zero attached hydrogens (tertiary/aromatic N) is 3. The minimum absolute atomic E-state index is 0.220. The highest BCUT2D eigenvalue weighted by atomic mass is 32.1. The van der Waals surface area contributed by atoms with Gasteiger partial charge in [0.25, 0.3) is 0 Å². The first kappa shape index (κ1) is 20.2. The van der Waals surface area contributed by atoms with Crippen molar-refractivity contribution >= 4 is 18.4 Å². The minimum atomic E-state index is 0.220. The van der Waals surface area contributed by atoms with E-state index in [2.05, 4.69) is 36.1 Å². The van der Waals surface area contributed by atoms with Gasteiger partial charge in [-0.2, -0.15) is 14.9 Å². The topological polar surface area (TPSA) is 64.4 Å². The number of ether oxygens (including phenoxy) is 2. The molecule has 1 N–H and O–H groups in total. The molecule has 6 nitrogen and oxygen atoms in total. The van der Waals surface area contributed by atoms with E-state index in [-0.39, 0.29) is 5.92 Å². The summed E-state index contributed by atoms with van der Waals surface area (Å²) in [5.41, 5.74) is 0.909. The monoisotopic (exact) mass is 376 g/mol. The fraction of sp³-hybridized carbons (Fsp3) is 0.526. The summed E-state index contributed by atoms with van der Waals surface area (Å²) in [6, 6.07) is 5.82. The smallest absolute Gasteiger partial charge is 0.216 e. The first-order chi connectivity index (χ1) is 12.6. The van der Waals surface area contributed by atoms with Gasteiger partial charge < -0.3 is 9.47 Å². The van der Waals surface area contributed by atoms with E-state index >= 15 is 0 Å². The molecule has 7 heteroatoms. The molecule has 0 saturated heterocycles. The third kappa shape index (κ3) is 5.42. The molecule has 1 heterocycles. The molecule has 0 aliphatic rings. The van der Waals surface area contributed by atoms with Crippen LogP contribution >= 0.6 is 12.2 Å². The van der Waals surface area contributed by atoms with Crippen molar-refractivity contribution < 1.29 is 9.47 Å². The molecule has 26 heavy (non-hydrogen) atoms. The fourth-order valence-electron chi connectivity index (χ4n) is 2.44. The molecule has 1 aromatic carbocycles. The Morgan fingerprint density at radius 1 is 1.23 bits per heavy atom. The Balaban J connectivity index is 2.18. The summed E-state index contributed by atoms with van der Waals surface area (Å²) in [5, 5.41) is 11.5. The molecule has 0 aliphatic carbocycles. The average molecular weight is 377 g/mol. The van der Waals surface area contributed by atoms with Crippen molar-refractivity contribution in [2.24, 2.45) is 5.10 Å². The summed E-state index contributed by atoms with van der Waals surface area (Å²) in [5.74, 6) is 2.51. The van der Waals surface area contributed by atoms with Crippen LogP contribution in [-0.4, -0.2) is 34.3 Å². The summed E-state index contributed by atoms with van der Waals surface area (Å²) >= 11 is 5.25. The van der Waals surface area contributed by atoms with Crippen LogP contribution in [0.4, 0.5) is 0 Å². The molecule has 1 aromatic heterocycles. The van der Waals surface area contributed by atoms with Gasteiger partial charge in [0.2, 0.25) is 4.77 Å². The molecule has 0 spiro atoms. The zero-order valence-electron chi connectivity index (χ0n) is 16.0. The first-order valence-corrected chi connectivity index (χ1v) is 9.58. The summed E-state index contributed by atoms with van der Waals surface area (Å²) in [4.78, 5) is 0. The zero-order valence-corrected chi connectivity index (χ0v) is 16.8. The van der Waals surface area contributed by atoms with Crippen LogP contribution in [0.2, 0.25) is 0 Å². The van der Waals surface area contributed by atoms with Crippen molar-refractivity contribution in [3.63, 3.8) is 0 Å². The van der Waals surface area contributed by atoms with Crippen LogP contribution in [0.25, 0.3) is 0 Å². The Morgan fingerprint density at radius 2 is 2.04 bits per heavy atom. The van der Waals surface area contributed by atoms with Gasteiger partial charge in [0, 0.05) is 5.92 Å². The summed E-state index contributed by atoms with van der Waals surface area (Å²) in [6.45, 7) is 9.52. The number of unbranched alkanes of at least 4 members (excludes halogenated alkanes) is 2. The summed E-state index contributed by atoms with van der Waals surface area (Å²) in [7, 11) is 0. The van der Waals surface area contributed by atoms with E-state index < -0.39 is 0 Å². The van der Waals surface area contributed by atoms with Crippen LogP contribution in [-0.2, 0) is 0 Å². The molecule has 0 radical (unpaired) electrons. The standard InChI is InChI=1S/C19H28N4O2S/c1-5-7-8-11-25-16-10-9-15(12-17(16)24-6-2)13-20-23-18(14(3)4)21-22-19(23)26/h9-10,12-14H,5-8,11H2,1-4H3,(H,22,26)/b20-13-. The second-order valence-corrected chi connectivity index (χ2v) is 6.68. The third-order valence-corrected chi connectivity index (χ3v) is 4.05. The van der Waals surface area contributed by atoms with Gasteiger partial charge in [0.1, 0.15) is 0 Å². The molecular formula is C19H28N4O2S. The lowest BCUT2D eigenvalue weighted by Crippen LogP contribution is -2.02. The minimum Gasteiger partial charge on any atom is -0.490 e. The number of benzene rings is 1. The van der Waals surface area contributed by atoms with Gasteiger partial charge in [0.05, 0.1) is 19.4 Å². The molecule has 0 fully saturated rings. The average Bonchev–Trinajstić information content (AvgIpc) is 2.99. The van der Waals surface area contributed by atoms with Crippen LogP contribution < -0.4 is 9.47 Å². The van der Waals surface area contributed by atoms with E-state index in [0.29, 0.717) is 18.0 Å². The number of hydrogen-bond acceptors (Lipinski definition) is 5. The van der Waals surface area contributed by atoms with Crippen molar-refractivity contribution in [1.82, 2.24) is 14.9 Å². The highest BCUT2D eigenvalue weighted by molar-refractivity contribution is 7.71. The molecular weight excluding hydrogens is 348 g/mol. The first-order valence-electron chi connectivity index (χ1n) is 9.18. The van der Waals surface area contributed by atoms with Gasteiger partial charge in [-0.3, -0.25) is 5.10 Å². The number of rotatable bonds is 10. The van der Waals surface area contributed by atoms with Crippen molar-refractivity contribution in [2.75, 3.05) is 13.2 Å². The lowest BCUT2D eigenvalue weighted by atomic mass is 10.2. The maximum absolute atomic E-state index is 5.86. The number of hydrogen-bond donors (Lipinski definition) is 1. The molecule has 0 bridgehead atoms. The summed E-state index contributed by atoms with van der Waals surface area (Å²) in [6.07, 6.45) is 5.13. The number of nitrogens with one attached hydrogen (secondary N) is 1. The molecule has 142 valence electrons. The lowest BCUT2D eigenvalue weighted by Gasteiger charge is -2.12. The molecule has 0 aliphatic heterocycles. The highest BCUT2D eigenvalue weighted by Crippen LogP contribution is 2.28. The van der Waals surface area contributed by atoms with E-state index in [1.54, 1.807) is 10.9 Å². The highest BCUT2D eigenvalue weighted by Gasteiger charge is 2.09. The zero-order chi connectivity index (χ0) is 18.9. The normalized spacial score (nSPS) is 11.4. The van der Waals surface area contributed by atoms with E-state index in [0.717, 1.165) is 35.7 Å². The van der Waals surface area contributed by atoms with Crippen molar-refractivity contribution in [3.8, 4) is 11.5 Å². The molecule has 0 saturated carbocycles. The van der Waals surface area contributed by atoms with Gasteiger partial charge in [0.15, 0.2) is 17.3 Å². The van der Waals surface area contributed by atoms with Crippen LogP contribution in [0.3, 0.4) is 0 Å². The Morgan fingerprint density at radius 3 is 2.73 bits per heavy atom. The van der Waals surface area contributed by atoms with Crippen LogP contribution in [0.15, 0.2) is 23.3 Å². The maximum Gasteiger partial charge on any atom is 0.216 e. The Kier molecular flexibility index (Phi) is 7.84. The predicted octanol–water partition coefficient (Wildman–Crippen LogP) is 4.91. The molecule has 0 atom stereocenters. The van der Waals surface area contributed by atoms with E-state index in [4.69, 9.17) is 21.7 Å². The lowest BCUT2D eigenvalue weighted by molar-refractivity contribution is 0.271. The SMILES string of the molecule is CCCCCOc1ccc(/C=N\n2c(C(C)C)n[nH]c2=S)cc1OCC. The van der Waals surface area contributed by atoms with Gasteiger partial charge in [-0.15, -0.1) is 0 Å². The molecule has 2 aromatic rings. The van der Waals surface area contributed by atoms with Gasteiger partial charge in [-0.25, -0.2) is 0 Å². The van der Waals surface area contributed by atoms with Crippen LogP contribution in [0.5, 0.6) is 11.5 Å². The van der Waals surface area contributed by atoms with Crippen LogP contribution in [0.1, 0.15) is 64.3 Å². The van der Waals surface area contributed by atoms with E-state index in [9.17, 15) is 0 Å². The summed E-state index contributed by atoms with van der Waals surface area (Å²) < 4.78 is 13.7. The number of aromatic amines is 1. The fourth-order valence-corrected chi connectivity index (χ4v) is 2.63. The van der Waals surface area contributed by atoms with Crippen molar-refractivity contribution in [3.05, 3.63) is 34.4 Å². The van der Waals surface area contributed by atoms with Crippen molar-refractivity contribution in [2.45, 2.75) is 52.9 Å². The molecule has 2 rings (SSSR count). The van der Waals surface area contributed by atoms with Gasteiger partial charge >= 0.3 is 0 Å². The largest absolute Gasteiger partial charge is 0.490 e. The van der Waals surface area contributed by atoms with Crippen molar-refractivity contribution in [1.29, 1.82) is 0 Å². The third-order valence-electron chi connectivity index (χ3n) is 3.79. The second kappa shape index (κ2) is 10.1.